The number of ether oxygens (including phenoxy) is 2. The van der Waals surface area contributed by atoms with E-state index in [1.54, 1.807) is 14.2 Å². The molecule has 1 saturated carbocycles. The smallest absolute Gasteiger partial charge is 0.141 e. The molecule has 0 aromatic heterocycles. The van der Waals surface area contributed by atoms with Crippen LogP contribution in [-0.2, 0) is 0 Å². The van der Waals surface area contributed by atoms with Crippen molar-refractivity contribution in [3.8, 4) is 11.5 Å². The Balaban J connectivity index is 2.38. The lowest BCUT2D eigenvalue weighted by Gasteiger charge is -2.26. The fraction of sp³-hybridized carbons (Fsp3) is 0.600. The average Bonchev–Trinajstić information content (AvgIpc) is 3.24. The van der Waals surface area contributed by atoms with E-state index in [2.05, 4.69) is 34.2 Å². The quantitative estimate of drug-likeness (QED) is 0.862. The van der Waals surface area contributed by atoms with Crippen LogP contribution in [0, 0.1) is 11.8 Å². The van der Waals surface area contributed by atoms with Crippen LogP contribution in [-0.4, -0.2) is 21.3 Å². The second-order valence-electron chi connectivity index (χ2n) is 5.17. The fourth-order valence-corrected chi connectivity index (χ4v) is 3.44. The lowest BCUT2D eigenvalue weighted by atomic mass is 9.90. The summed E-state index contributed by atoms with van der Waals surface area (Å²) >= 11 is 3.57. The molecule has 1 N–H and O–H groups in total. The Hall–Kier alpha value is -0.740. The van der Waals surface area contributed by atoms with Gasteiger partial charge in [-0.05, 0) is 59.8 Å². The first-order chi connectivity index (χ1) is 9.13. The van der Waals surface area contributed by atoms with Crippen LogP contribution in [0.5, 0.6) is 11.5 Å². The van der Waals surface area contributed by atoms with Crippen molar-refractivity contribution in [3.05, 3.63) is 22.2 Å². The molecule has 2 rings (SSSR count). The highest BCUT2D eigenvalue weighted by Crippen LogP contribution is 2.47. The van der Waals surface area contributed by atoms with Gasteiger partial charge in [0.25, 0.3) is 0 Å². The first-order valence-corrected chi connectivity index (χ1v) is 7.51. The molecule has 2 atom stereocenters. The van der Waals surface area contributed by atoms with Gasteiger partial charge in [0.2, 0.25) is 0 Å². The minimum atomic E-state index is 0.310. The summed E-state index contributed by atoms with van der Waals surface area (Å²) in [4.78, 5) is 0. The molecular weight excluding hydrogens is 306 g/mol. The molecule has 1 aromatic carbocycles. The Morgan fingerprint density at radius 2 is 1.95 bits per heavy atom. The number of nitrogens with one attached hydrogen (secondary N) is 1. The largest absolute Gasteiger partial charge is 0.495 e. The zero-order valence-corrected chi connectivity index (χ0v) is 13.6. The van der Waals surface area contributed by atoms with Crippen LogP contribution in [0.2, 0.25) is 0 Å². The normalized spacial score (nSPS) is 17.9. The molecule has 1 aliphatic rings. The molecule has 0 saturated heterocycles. The zero-order valence-electron chi connectivity index (χ0n) is 12.0. The third kappa shape index (κ3) is 2.90. The van der Waals surface area contributed by atoms with Gasteiger partial charge >= 0.3 is 0 Å². The van der Waals surface area contributed by atoms with Crippen molar-refractivity contribution in [1.82, 2.24) is 5.32 Å². The van der Waals surface area contributed by atoms with E-state index < -0.39 is 0 Å². The van der Waals surface area contributed by atoms with E-state index in [1.165, 1.54) is 18.4 Å². The Bertz CT molecular complexity index is 446. The first kappa shape index (κ1) is 14.7. The van der Waals surface area contributed by atoms with Gasteiger partial charge in [0.15, 0.2) is 0 Å². The van der Waals surface area contributed by atoms with Gasteiger partial charge in [-0.1, -0.05) is 6.92 Å². The molecule has 0 bridgehead atoms. The van der Waals surface area contributed by atoms with Crippen LogP contribution in [0.1, 0.15) is 31.4 Å². The summed E-state index contributed by atoms with van der Waals surface area (Å²) in [6, 6.07) is 4.40. The number of hydrogen-bond donors (Lipinski definition) is 1. The Morgan fingerprint density at radius 3 is 2.42 bits per heavy atom. The summed E-state index contributed by atoms with van der Waals surface area (Å²) in [7, 11) is 5.39. The lowest BCUT2D eigenvalue weighted by molar-refractivity contribution is 0.341. The van der Waals surface area contributed by atoms with Crippen molar-refractivity contribution in [1.29, 1.82) is 0 Å². The maximum atomic E-state index is 5.58. The highest BCUT2D eigenvalue weighted by atomic mass is 79.9. The topological polar surface area (TPSA) is 30.5 Å². The third-order valence-electron chi connectivity index (χ3n) is 4.05. The summed E-state index contributed by atoms with van der Waals surface area (Å²) in [5.41, 5.74) is 1.19. The Kier molecular flexibility index (Phi) is 4.74. The lowest BCUT2D eigenvalue weighted by Crippen LogP contribution is -2.25. The van der Waals surface area contributed by atoms with Gasteiger partial charge in [-0.15, -0.1) is 0 Å². The van der Waals surface area contributed by atoms with Gasteiger partial charge < -0.3 is 14.8 Å². The molecule has 106 valence electrons. The Labute approximate surface area is 123 Å². The van der Waals surface area contributed by atoms with E-state index in [-0.39, 0.29) is 0 Å². The van der Waals surface area contributed by atoms with E-state index in [9.17, 15) is 0 Å². The molecule has 0 spiro atoms. The highest BCUT2D eigenvalue weighted by molar-refractivity contribution is 9.10. The second-order valence-corrected chi connectivity index (χ2v) is 5.96. The minimum absolute atomic E-state index is 0.310. The van der Waals surface area contributed by atoms with Gasteiger partial charge in [0, 0.05) is 11.6 Å². The number of halogens is 1. The Morgan fingerprint density at radius 1 is 1.26 bits per heavy atom. The number of benzene rings is 1. The molecule has 0 aliphatic heterocycles. The maximum Gasteiger partial charge on any atom is 0.141 e. The van der Waals surface area contributed by atoms with Crippen molar-refractivity contribution >= 4 is 15.9 Å². The van der Waals surface area contributed by atoms with Crippen LogP contribution < -0.4 is 14.8 Å². The molecular formula is C15H22BrNO2. The minimum Gasteiger partial charge on any atom is -0.495 e. The maximum absolute atomic E-state index is 5.58. The van der Waals surface area contributed by atoms with Crippen molar-refractivity contribution in [2.24, 2.45) is 11.8 Å². The summed E-state index contributed by atoms with van der Waals surface area (Å²) in [6.07, 6.45) is 2.69. The van der Waals surface area contributed by atoms with Gasteiger partial charge in [-0.25, -0.2) is 0 Å². The van der Waals surface area contributed by atoms with Gasteiger partial charge in [-0.3, -0.25) is 0 Å². The molecule has 4 heteroatoms. The molecule has 19 heavy (non-hydrogen) atoms. The van der Waals surface area contributed by atoms with Crippen LogP contribution >= 0.6 is 15.9 Å². The van der Waals surface area contributed by atoms with Crippen LogP contribution in [0.3, 0.4) is 0 Å². The molecule has 2 unspecified atom stereocenters. The second kappa shape index (κ2) is 6.14. The molecule has 0 heterocycles. The molecule has 1 aromatic rings. The van der Waals surface area contributed by atoms with Crippen LogP contribution in [0.25, 0.3) is 0 Å². The van der Waals surface area contributed by atoms with Gasteiger partial charge in [-0.2, -0.15) is 0 Å². The van der Waals surface area contributed by atoms with Crippen LogP contribution in [0.15, 0.2) is 16.6 Å². The summed E-state index contributed by atoms with van der Waals surface area (Å²) in [5.74, 6) is 3.11. The molecule has 1 fully saturated rings. The summed E-state index contributed by atoms with van der Waals surface area (Å²) < 4.78 is 11.8. The van der Waals surface area contributed by atoms with Crippen molar-refractivity contribution in [3.63, 3.8) is 0 Å². The van der Waals surface area contributed by atoms with Gasteiger partial charge in [0.05, 0.1) is 14.2 Å². The first-order valence-electron chi connectivity index (χ1n) is 6.71. The van der Waals surface area contributed by atoms with Crippen LogP contribution in [0.4, 0.5) is 0 Å². The van der Waals surface area contributed by atoms with Crippen molar-refractivity contribution in [2.45, 2.75) is 25.8 Å². The monoisotopic (exact) mass is 327 g/mol. The molecule has 1 aliphatic carbocycles. The van der Waals surface area contributed by atoms with Crippen molar-refractivity contribution < 1.29 is 9.47 Å². The molecule has 0 amide bonds. The fourth-order valence-electron chi connectivity index (χ4n) is 2.76. The van der Waals surface area contributed by atoms with E-state index >= 15 is 0 Å². The molecule has 3 nitrogen and oxygen atoms in total. The summed E-state index contributed by atoms with van der Waals surface area (Å²) in [5, 5.41) is 3.44. The number of hydrogen-bond acceptors (Lipinski definition) is 3. The predicted octanol–water partition coefficient (Wildman–Crippen LogP) is 3.77. The van der Waals surface area contributed by atoms with E-state index in [4.69, 9.17) is 9.47 Å². The van der Waals surface area contributed by atoms with Crippen molar-refractivity contribution in [2.75, 3.05) is 21.3 Å². The SMILES string of the molecule is CNC(c1ccc(OC)c(Br)c1OC)C(C)C1CC1. The number of methoxy groups -OCH3 is 2. The number of rotatable bonds is 6. The zero-order chi connectivity index (χ0) is 14.0. The predicted molar refractivity (Wildman–Crippen MR) is 80.9 cm³/mol. The average molecular weight is 328 g/mol. The van der Waals surface area contributed by atoms with E-state index in [1.807, 2.05) is 13.1 Å². The summed E-state index contributed by atoms with van der Waals surface area (Å²) in [6.45, 7) is 2.32. The van der Waals surface area contributed by atoms with E-state index in [0.717, 1.165) is 21.9 Å². The molecule has 0 radical (unpaired) electrons. The van der Waals surface area contributed by atoms with E-state index in [0.29, 0.717) is 12.0 Å². The third-order valence-corrected chi connectivity index (χ3v) is 4.80. The highest BCUT2D eigenvalue weighted by Gasteiger charge is 2.35. The van der Waals surface area contributed by atoms with Gasteiger partial charge in [0.1, 0.15) is 16.0 Å². The standard InChI is InChI=1S/C15H22BrNO2/c1-9(10-5-6-10)14(17-2)11-7-8-12(18-3)13(16)15(11)19-4/h7-10,14,17H,5-6H2,1-4H3.